The van der Waals surface area contributed by atoms with Gasteiger partial charge in [-0.25, -0.2) is 17.6 Å². The molecule has 17 heteroatoms. The van der Waals surface area contributed by atoms with E-state index in [0.29, 0.717) is 78.9 Å². The van der Waals surface area contributed by atoms with Crippen molar-refractivity contribution in [2.24, 2.45) is 0 Å². The number of esters is 1. The zero-order chi connectivity index (χ0) is 64.7. The van der Waals surface area contributed by atoms with E-state index in [-0.39, 0.29) is 71.2 Å². The van der Waals surface area contributed by atoms with Crippen LogP contribution in [0.2, 0.25) is 20.1 Å². The van der Waals surface area contributed by atoms with E-state index in [0.717, 1.165) is 22.3 Å². The highest BCUT2D eigenvalue weighted by Gasteiger charge is 2.28. The minimum absolute atomic E-state index is 0.0101. The fraction of sp³-hybridized carbons (Fsp3) is 0.110. The number of epoxide rings is 2. The molecular formula is C73H57Cl4F4NO8. The number of Topliss-reactive ketones (excluding diaryl/α,β-unsaturated/α-hetero) is 2. The number of amides is 2. The molecule has 8 aromatic rings. The summed E-state index contributed by atoms with van der Waals surface area (Å²) in [5.74, 6) is -2.67. The van der Waals surface area contributed by atoms with Crippen molar-refractivity contribution in [2.45, 2.75) is 38.4 Å². The summed E-state index contributed by atoms with van der Waals surface area (Å²) in [5.41, 5.74) is 7.27. The Kier molecular flexibility index (Phi) is 25.9. The van der Waals surface area contributed by atoms with Crippen molar-refractivity contribution in [3.05, 3.63) is 307 Å². The number of hydrogen-bond donors (Lipinski definition) is 1. The molecule has 2 heterocycles. The second-order valence-corrected chi connectivity index (χ2v) is 21.9. The van der Waals surface area contributed by atoms with Crippen LogP contribution in [-0.2, 0) is 38.2 Å². The summed E-state index contributed by atoms with van der Waals surface area (Å²) < 4.78 is 68.0. The highest BCUT2D eigenvalue weighted by Crippen LogP contribution is 2.28. The van der Waals surface area contributed by atoms with E-state index in [1.54, 1.807) is 127 Å². The van der Waals surface area contributed by atoms with Crippen LogP contribution in [-0.4, -0.2) is 54.8 Å². The van der Waals surface area contributed by atoms with Gasteiger partial charge in [0.05, 0.1) is 31.8 Å². The second kappa shape index (κ2) is 34.1. The molecule has 2 amide bonds. The molecule has 2 saturated heterocycles. The van der Waals surface area contributed by atoms with E-state index in [9.17, 15) is 41.5 Å². The first-order valence-corrected chi connectivity index (χ1v) is 29.2. The van der Waals surface area contributed by atoms with Crippen molar-refractivity contribution in [3.8, 4) is 0 Å². The Morgan fingerprint density at radius 1 is 0.456 bits per heavy atom. The maximum Gasteiger partial charge on any atom is 0.313 e. The van der Waals surface area contributed by atoms with E-state index >= 15 is 0 Å². The third-order valence-electron chi connectivity index (χ3n) is 12.9. The molecule has 458 valence electrons. The third kappa shape index (κ3) is 23.2. The van der Waals surface area contributed by atoms with Crippen LogP contribution in [0.1, 0.15) is 70.7 Å². The number of hydrogen-bond acceptors (Lipinski definition) is 8. The minimum atomic E-state index is -0.593. The third-order valence-corrected chi connectivity index (χ3v) is 13.9. The summed E-state index contributed by atoms with van der Waals surface area (Å²) in [6, 6.07) is 51.4. The molecule has 0 radical (unpaired) electrons. The molecule has 2 fully saturated rings. The van der Waals surface area contributed by atoms with Crippen LogP contribution in [0.4, 0.5) is 17.6 Å². The summed E-state index contributed by atoms with van der Waals surface area (Å²) in [7, 11) is 0. The van der Waals surface area contributed by atoms with Gasteiger partial charge in [-0.2, -0.15) is 0 Å². The van der Waals surface area contributed by atoms with Crippen LogP contribution in [0.15, 0.2) is 219 Å². The Morgan fingerprint density at radius 2 is 0.767 bits per heavy atom. The molecule has 2 unspecified atom stereocenters. The maximum absolute atomic E-state index is 13.1. The van der Waals surface area contributed by atoms with Gasteiger partial charge in [0, 0.05) is 60.8 Å². The normalized spacial score (nSPS) is 14.1. The first-order chi connectivity index (χ1) is 43.2. The quantitative estimate of drug-likeness (QED) is 0.0161. The SMILES string of the molecule is C=C(C)C(=O)NC(=O)/C(=C/c1ccc(Cl)cc1)c1ccc(F)cc1.C=CCC(=O)/C(=C/c1ccc(Cl)cc1)c1ccc(F)cc1.O=C(CC1CO1)/C(=C/c1ccc(Cl)cc1)c1ccc(F)cc1.O=C(CC1CO1)O/C(=C/c1ccc(Cl)cc1)c1ccc(F)cc1. The molecule has 0 saturated carbocycles. The van der Waals surface area contributed by atoms with Crippen LogP contribution < -0.4 is 5.32 Å². The lowest BCUT2D eigenvalue weighted by Crippen LogP contribution is -2.31. The van der Waals surface area contributed by atoms with Crippen LogP contribution in [0.25, 0.3) is 46.8 Å². The molecule has 0 aromatic heterocycles. The fourth-order valence-corrected chi connectivity index (χ4v) is 8.55. The monoisotopic (exact) mass is 1290 g/mol. The fourth-order valence-electron chi connectivity index (χ4n) is 8.05. The summed E-state index contributed by atoms with van der Waals surface area (Å²) >= 11 is 23.5. The van der Waals surface area contributed by atoms with E-state index in [1.807, 2.05) is 36.4 Å². The number of halogens is 8. The second-order valence-electron chi connectivity index (χ2n) is 20.1. The van der Waals surface area contributed by atoms with Gasteiger partial charge < -0.3 is 14.2 Å². The van der Waals surface area contributed by atoms with Gasteiger partial charge in [0.1, 0.15) is 29.0 Å². The zero-order valence-electron chi connectivity index (χ0n) is 48.3. The molecule has 2 aliphatic heterocycles. The molecule has 0 bridgehead atoms. The van der Waals surface area contributed by atoms with Crippen LogP contribution in [0.3, 0.4) is 0 Å². The average molecular weight is 1290 g/mol. The molecule has 10 rings (SSSR count). The van der Waals surface area contributed by atoms with Gasteiger partial charge >= 0.3 is 5.97 Å². The van der Waals surface area contributed by atoms with E-state index in [2.05, 4.69) is 18.5 Å². The van der Waals surface area contributed by atoms with Gasteiger partial charge in [0.25, 0.3) is 11.8 Å². The molecule has 2 atom stereocenters. The van der Waals surface area contributed by atoms with Crippen LogP contribution in [0, 0.1) is 23.3 Å². The van der Waals surface area contributed by atoms with Gasteiger partial charge in [0.15, 0.2) is 11.6 Å². The molecule has 8 aromatic carbocycles. The average Bonchev–Trinajstić information content (AvgIpc) is 2.35. The Labute approximate surface area is 538 Å². The number of carbonyl (C=O) groups excluding carboxylic acids is 5. The summed E-state index contributed by atoms with van der Waals surface area (Å²) in [6.45, 7) is 9.80. The predicted molar refractivity (Wildman–Crippen MR) is 350 cm³/mol. The minimum Gasteiger partial charge on any atom is -0.426 e. The Balaban J connectivity index is 0.000000171. The number of ketones is 2. The van der Waals surface area contributed by atoms with Crippen molar-refractivity contribution in [2.75, 3.05) is 13.2 Å². The topological polar surface area (TPSA) is 132 Å². The molecular weight excluding hydrogens is 1240 g/mol. The summed E-state index contributed by atoms with van der Waals surface area (Å²) in [6.07, 6.45) is 9.20. The first kappa shape index (κ1) is 68.4. The Morgan fingerprint density at radius 3 is 1.11 bits per heavy atom. The lowest BCUT2D eigenvalue weighted by Gasteiger charge is -2.09. The van der Waals surface area contributed by atoms with E-state index in [1.165, 1.54) is 67.6 Å². The van der Waals surface area contributed by atoms with Gasteiger partial charge in [-0.15, -0.1) is 6.58 Å². The highest BCUT2D eigenvalue weighted by molar-refractivity contribution is 6.32. The number of allylic oxidation sites excluding steroid dienone is 3. The molecule has 1 N–H and O–H groups in total. The van der Waals surface area contributed by atoms with Crippen LogP contribution in [0.5, 0.6) is 0 Å². The van der Waals surface area contributed by atoms with E-state index in [4.69, 9.17) is 60.6 Å². The molecule has 2 aliphatic rings. The van der Waals surface area contributed by atoms with Gasteiger partial charge in [-0.05, 0) is 179 Å². The number of carbonyl (C=O) groups is 5. The zero-order valence-corrected chi connectivity index (χ0v) is 51.3. The summed E-state index contributed by atoms with van der Waals surface area (Å²) in [4.78, 5) is 60.8. The van der Waals surface area contributed by atoms with Gasteiger partial charge in [-0.3, -0.25) is 29.3 Å². The molecule has 90 heavy (non-hydrogen) atoms. The highest BCUT2D eigenvalue weighted by atomic mass is 35.5. The van der Waals surface area contributed by atoms with Gasteiger partial charge in [0.2, 0.25) is 0 Å². The smallest absolute Gasteiger partial charge is 0.313 e. The molecule has 0 spiro atoms. The van der Waals surface area contributed by atoms with Crippen molar-refractivity contribution in [3.63, 3.8) is 0 Å². The largest absolute Gasteiger partial charge is 0.426 e. The van der Waals surface area contributed by atoms with Crippen molar-refractivity contribution < 1.29 is 55.7 Å². The van der Waals surface area contributed by atoms with Gasteiger partial charge in [-0.1, -0.05) is 144 Å². The maximum atomic E-state index is 13.1. The lowest BCUT2D eigenvalue weighted by atomic mass is 9.96. The number of rotatable bonds is 19. The Hall–Kier alpha value is -9.05. The standard InChI is InChI=1S/C19H15ClFNO2.C18H14ClFO3.C18H14ClFO2.C18H14ClFO/c1-12(2)18(23)22-19(24)17(14-5-9-16(21)10-6-14)11-13-3-7-15(20)8-4-13;19-14-5-1-12(2-6-14)9-17(13-3-7-15(20)8-4-13)23-18(21)10-16-11-22-16;19-14-5-1-12(2-6-14)9-17(18(21)10-16-11-22-16)13-3-7-15(20)8-4-13;1-2-3-18(21)17(14-6-10-16(20)11-7-14)12-13-4-8-15(19)9-5-13/h3-11H,1H2,2H3,(H,22,23,24);1-9,16H,10-11H2;1-9,16H,10-11H2;2,4-12H,1,3H2/b17-11+;2*17-9+;17-12+. The van der Waals surface area contributed by atoms with Crippen LogP contribution >= 0.6 is 46.4 Å². The van der Waals surface area contributed by atoms with Crippen molar-refractivity contribution in [1.82, 2.24) is 5.32 Å². The van der Waals surface area contributed by atoms with Crippen molar-refractivity contribution in [1.29, 1.82) is 0 Å². The number of benzene rings is 8. The predicted octanol–water partition coefficient (Wildman–Crippen LogP) is 18.1. The number of ether oxygens (including phenoxy) is 3. The lowest BCUT2D eigenvalue weighted by molar-refractivity contribution is -0.137. The van der Waals surface area contributed by atoms with Crippen molar-refractivity contribution >= 4 is 123 Å². The molecule has 0 aliphatic carbocycles. The Bertz CT molecular complexity index is 3940. The molecule has 9 nitrogen and oxygen atoms in total. The summed E-state index contributed by atoms with van der Waals surface area (Å²) in [5, 5.41) is 4.71. The number of imide groups is 1. The first-order valence-electron chi connectivity index (χ1n) is 27.7. The number of nitrogens with one attached hydrogen (secondary N) is 1. The van der Waals surface area contributed by atoms with E-state index < -0.39 is 17.6 Å².